The summed E-state index contributed by atoms with van der Waals surface area (Å²) in [6.45, 7) is 21.4. The maximum absolute atomic E-state index is 6.11. The first-order chi connectivity index (χ1) is 14.9. The fraction of sp³-hybridized carbons (Fsp3) is 0.600. The zero-order valence-electron chi connectivity index (χ0n) is 21.9. The lowest BCUT2D eigenvalue weighted by atomic mass is 9.57. The van der Waals surface area contributed by atoms with Crippen LogP contribution in [0.3, 0.4) is 0 Å². The van der Waals surface area contributed by atoms with Gasteiger partial charge in [-0.15, -0.1) is 0 Å². The average Bonchev–Trinajstić information content (AvgIpc) is 3.12. The van der Waals surface area contributed by atoms with Gasteiger partial charge in [0, 0.05) is 5.39 Å². The van der Waals surface area contributed by atoms with Crippen LogP contribution in [0.25, 0.3) is 11.0 Å². The highest BCUT2D eigenvalue weighted by molar-refractivity contribution is 6.64. The Bertz CT molecular complexity index is 1070. The molecule has 2 aromatic rings. The Morgan fingerprint density at radius 2 is 1.69 bits per heavy atom. The first-order valence-corrected chi connectivity index (χ1v) is 12.7. The van der Waals surface area contributed by atoms with E-state index in [0.29, 0.717) is 11.8 Å². The van der Waals surface area contributed by atoms with Gasteiger partial charge in [0.2, 0.25) is 0 Å². The molecule has 0 saturated heterocycles. The number of allylic oxidation sites excluding steroid dienone is 4. The van der Waals surface area contributed by atoms with E-state index in [-0.39, 0.29) is 16.2 Å². The zero-order chi connectivity index (χ0) is 23.5. The van der Waals surface area contributed by atoms with E-state index in [1.54, 1.807) is 5.57 Å². The molecular formula is C30H42BO. The molecule has 2 heteroatoms. The highest BCUT2D eigenvalue weighted by Crippen LogP contribution is 2.47. The molecule has 2 aliphatic carbocycles. The third-order valence-corrected chi connectivity index (χ3v) is 8.70. The average molecular weight is 429 g/mol. The Kier molecular flexibility index (Phi) is 5.84. The summed E-state index contributed by atoms with van der Waals surface area (Å²) in [5.41, 5.74) is 8.78. The highest BCUT2D eigenvalue weighted by Gasteiger charge is 2.38. The molecule has 0 amide bonds. The van der Waals surface area contributed by atoms with Gasteiger partial charge in [-0.25, -0.2) is 0 Å². The quantitative estimate of drug-likeness (QED) is 0.439. The maximum Gasteiger partial charge on any atom is 0.196 e. The van der Waals surface area contributed by atoms with Gasteiger partial charge in [-0.3, -0.25) is 0 Å². The van der Waals surface area contributed by atoms with Crippen LogP contribution in [0.4, 0.5) is 0 Å². The van der Waals surface area contributed by atoms with Crippen LogP contribution in [0.5, 0.6) is 0 Å². The smallest absolute Gasteiger partial charge is 0.196 e. The molecule has 32 heavy (non-hydrogen) atoms. The van der Waals surface area contributed by atoms with Gasteiger partial charge in [-0.05, 0) is 82.5 Å². The van der Waals surface area contributed by atoms with E-state index in [2.05, 4.69) is 93.9 Å². The highest BCUT2D eigenvalue weighted by atomic mass is 16.3. The van der Waals surface area contributed by atoms with Crippen molar-refractivity contribution in [3.63, 3.8) is 0 Å². The van der Waals surface area contributed by atoms with Gasteiger partial charge in [0.1, 0.15) is 5.58 Å². The van der Waals surface area contributed by atoms with E-state index in [9.17, 15) is 0 Å². The Hall–Kier alpha value is -1.70. The summed E-state index contributed by atoms with van der Waals surface area (Å²) >= 11 is 0. The summed E-state index contributed by atoms with van der Waals surface area (Å²) < 4.78 is 6.11. The fourth-order valence-electron chi connectivity index (χ4n) is 5.77. The number of furan rings is 1. The summed E-state index contributed by atoms with van der Waals surface area (Å²) in [7, 11) is 2.35. The Balaban J connectivity index is 1.73. The van der Waals surface area contributed by atoms with Crippen molar-refractivity contribution in [2.45, 2.75) is 98.8 Å². The molecule has 2 aliphatic rings. The summed E-state index contributed by atoms with van der Waals surface area (Å²) in [4.78, 5) is 0. The molecule has 1 nitrogen and oxygen atoms in total. The van der Waals surface area contributed by atoms with Crippen LogP contribution >= 0.6 is 0 Å². The van der Waals surface area contributed by atoms with Gasteiger partial charge in [-0.1, -0.05) is 85.5 Å². The SMILES string of the molecule is CCC(C)(C)C1=CC([B]c2coc3cc4c(cc23)C(C)(C)CCC4(C)C)=CCC1C(C)C. The molecule has 4 rings (SSSR count). The summed E-state index contributed by atoms with van der Waals surface area (Å²) in [5, 5.41) is 1.26. The maximum atomic E-state index is 6.11. The second kappa shape index (κ2) is 7.96. The number of fused-ring (bicyclic) bond motifs is 2. The minimum atomic E-state index is 0.205. The molecule has 1 heterocycles. The number of hydrogen-bond donors (Lipinski definition) is 0. The van der Waals surface area contributed by atoms with Crippen molar-refractivity contribution >= 4 is 23.7 Å². The van der Waals surface area contributed by atoms with E-state index >= 15 is 0 Å². The first kappa shape index (κ1) is 23.5. The normalized spacial score (nSPS) is 22.5. The van der Waals surface area contributed by atoms with E-state index in [4.69, 9.17) is 4.42 Å². The van der Waals surface area contributed by atoms with Crippen LogP contribution in [0, 0.1) is 17.3 Å². The van der Waals surface area contributed by atoms with Gasteiger partial charge in [0.15, 0.2) is 7.28 Å². The molecule has 1 radical (unpaired) electrons. The molecule has 1 aromatic carbocycles. The van der Waals surface area contributed by atoms with Crippen molar-refractivity contribution in [3.8, 4) is 0 Å². The van der Waals surface area contributed by atoms with Gasteiger partial charge >= 0.3 is 0 Å². The van der Waals surface area contributed by atoms with Crippen molar-refractivity contribution in [2.24, 2.45) is 17.3 Å². The van der Waals surface area contributed by atoms with Crippen molar-refractivity contribution in [3.05, 3.63) is 52.7 Å². The van der Waals surface area contributed by atoms with Crippen LogP contribution in [0.1, 0.15) is 99.1 Å². The van der Waals surface area contributed by atoms with E-state index < -0.39 is 0 Å². The van der Waals surface area contributed by atoms with Crippen molar-refractivity contribution in [2.75, 3.05) is 0 Å². The topological polar surface area (TPSA) is 13.1 Å². The molecule has 1 unspecified atom stereocenters. The molecule has 0 saturated carbocycles. The number of benzene rings is 1. The van der Waals surface area contributed by atoms with Crippen molar-refractivity contribution in [1.29, 1.82) is 0 Å². The van der Waals surface area contributed by atoms with Gasteiger partial charge in [-0.2, -0.15) is 0 Å². The molecule has 1 atom stereocenters. The Morgan fingerprint density at radius 1 is 1.06 bits per heavy atom. The third-order valence-electron chi connectivity index (χ3n) is 8.70. The molecule has 0 spiro atoms. The molecular weight excluding hydrogens is 387 g/mol. The van der Waals surface area contributed by atoms with E-state index in [1.165, 1.54) is 46.7 Å². The molecule has 0 aliphatic heterocycles. The van der Waals surface area contributed by atoms with Gasteiger partial charge in [0.25, 0.3) is 0 Å². The number of hydrogen-bond acceptors (Lipinski definition) is 1. The predicted octanol–water partition coefficient (Wildman–Crippen LogP) is 8.03. The standard InChI is InChI=1S/C30H42BO/c1-10-28(4,5)23-15-20(11-12-21(23)19(2)3)31-26-18-32-27-17-25-24(16-22(26)27)29(6,7)13-14-30(25,8)9/h11,15-19,21H,10,12-14H2,1-9H3. The lowest BCUT2D eigenvalue weighted by molar-refractivity contribution is 0.322. The lowest BCUT2D eigenvalue weighted by Crippen LogP contribution is -2.34. The molecule has 0 bridgehead atoms. The summed E-state index contributed by atoms with van der Waals surface area (Å²) in [5.74, 6) is 1.30. The molecule has 0 fully saturated rings. The minimum Gasteiger partial charge on any atom is -0.465 e. The monoisotopic (exact) mass is 429 g/mol. The minimum absolute atomic E-state index is 0.205. The van der Waals surface area contributed by atoms with Crippen LogP contribution in [-0.2, 0) is 10.8 Å². The largest absolute Gasteiger partial charge is 0.465 e. The molecule has 0 N–H and O–H groups in total. The fourth-order valence-corrected chi connectivity index (χ4v) is 5.77. The number of rotatable bonds is 5. The van der Waals surface area contributed by atoms with Gasteiger partial charge < -0.3 is 4.42 Å². The van der Waals surface area contributed by atoms with Crippen LogP contribution in [0.2, 0.25) is 0 Å². The lowest BCUT2D eigenvalue weighted by Gasteiger charge is -2.41. The van der Waals surface area contributed by atoms with E-state index in [1.807, 2.05) is 6.26 Å². The van der Waals surface area contributed by atoms with Gasteiger partial charge in [0.05, 0.1) is 6.26 Å². The first-order valence-electron chi connectivity index (χ1n) is 12.7. The molecule has 171 valence electrons. The van der Waals surface area contributed by atoms with Crippen LogP contribution < -0.4 is 5.46 Å². The third kappa shape index (κ3) is 4.04. The Labute approximate surface area is 197 Å². The van der Waals surface area contributed by atoms with Crippen molar-refractivity contribution < 1.29 is 4.42 Å². The van der Waals surface area contributed by atoms with Crippen LogP contribution in [0.15, 0.2) is 46.0 Å². The summed E-state index contributed by atoms with van der Waals surface area (Å²) in [6.07, 6.45) is 11.6. The second-order valence-electron chi connectivity index (χ2n) is 12.6. The Morgan fingerprint density at radius 3 is 2.28 bits per heavy atom. The second-order valence-corrected chi connectivity index (χ2v) is 12.6. The zero-order valence-corrected chi connectivity index (χ0v) is 21.9. The van der Waals surface area contributed by atoms with E-state index in [0.717, 1.165) is 12.0 Å². The summed E-state index contributed by atoms with van der Waals surface area (Å²) in [6, 6.07) is 4.76. The van der Waals surface area contributed by atoms with Crippen LogP contribution in [-0.4, -0.2) is 7.28 Å². The molecule has 1 aromatic heterocycles. The van der Waals surface area contributed by atoms with Crippen molar-refractivity contribution in [1.82, 2.24) is 0 Å². The predicted molar refractivity (Wildman–Crippen MR) is 140 cm³/mol.